The van der Waals surface area contributed by atoms with Crippen LogP contribution in [0.5, 0.6) is 0 Å². The van der Waals surface area contributed by atoms with E-state index in [-0.39, 0.29) is 6.10 Å². The highest BCUT2D eigenvalue weighted by Gasteiger charge is 2.07. The van der Waals surface area contributed by atoms with E-state index in [0.29, 0.717) is 6.54 Å². The van der Waals surface area contributed by atoms with E-state index in [9.17, 15) is 8.76 Å². The third-order valence-corrected chi connectivity index (χ3v) is 2.16. The van der Waals surface area contributed by atoms with Crippen molar-refractivity contribution in [3.05, 3.63) is 0 Å². The molecule has 0 saturated heterocycles. The summed E-state index contributed by atoms with van der Waals surface area (Å²) in [6.45, 7) is 2.37. The molecule has 0 spiro atoms. The molecule has 0 amide bonds. The maximum Gasteiger partial charge on any atom is 0.0705 e. The predicted molar refractivity (Wildman–Crippen MR) is 42.6 cm³/mol. The molecule has 68 valence electrons. The average Bonchev–Trinajstić information content (AvgIpc) is 1.99. The highest BCUT2D eigenvalue weighted by Crippen LogP contribution is 1.99. The summed E-state index contributed by atoms with van der Waals surface area (Å²) in [6, 6.07) is 0. The van der Waals surface area contributed by atoms with E-state index in [4.69, 9.17) is 4.74 Å². The molecule has 4 nitrogen and oxygen atoms in total. The number of hydrogen-bond acceptors (Lipinski definition) is 3. The fourth-order valence-corrected chi connectivity index (χ4v) is 1.01. The lowest BCUT2D eigenvalue weighted by Crippen LogP contribution is -2.31. The van der Waals surface area contributed by atoms with Crippen LogP contribution in [0, 0.1) is 0 Å². The molecule has 0 heterocycles. The molecule has 0 saturated carbocycles. The summed E-state index contributed by atoms with van der Waals surface area (Å²) < 4.78 is 26.9. The van der Waals surface area contributed by atoms with Gasteiger partial charge in [-0.1, -0.05) is 6.92 Å². The Kier molecular flexibility index (Phi) is 5.67. The van der Waals surface area contributed by atoms with Gasteiger partial charge in [-0.25, -0.2) is 4.31 Å². The van der Waals surface area contributed by atoms with E-state index in [1.807, 2.05) is 6.92 Å². The summed E-state index contributed by atoms with van der Waals surface area (Å²) in [5, 5.41) is 0. The smallest absolute Gasteiger partial charge is 0.0705 e. The summed E-state index contributed by atoms with van der Waals surface area (Å²) in [5.74, 6) is 0. The Bertz CT molecular complexity index is 127. The van der Waals surface area contributed by atoms with Crippen molar-refractivity contribution < 1.29 is 13.5 Å². The van der Waals surface area contributed by atoms with E-state index in [0.717, 1.165) is 6.42 Å². The largest absolute Gasteiger partial charge is 0.760 e. The van der Waals surface area contributed by atoms with Crippen molar-refractivity contribution in [2.75, 3.05) is 20.7 Å². The van der Waals surface area contributed by atoms with Crippen molar-refractivity contribution >= 4 is 11.3 Å². The lowest BCUT2D eigenvalue weighted by Gasteiger charge is -2.23. The Labute approximate surface area is 70.0 Å². The van der Waals surface area contributed by atoms with E-state index in [1.165, 1.54) is 11.4 Å². The minimum Gasteiger partial charge on any atom is -0.760 e. The highest BCUT2D eigenvalue weighted by molar-refractivity contribution is 7.76. The van der Waals surface area contributed by atoms with Gasteiger partial charge in [0.05, 0.1) is 6.10 Å². The maximum atomic E-state index is 10.3. The van der Waals surface area contributed by atoms with Crippen molar-refractivity contribution in [3.63, 3.8) is 0 Å². The second-order valence-corrected chi connectivity index (χ2v) is 3.35. The van der Waals surface area contributed by atoms with Crippen LogP contribution in [0.25, 0.3) is 0 Å². The van der Waals surface area contributed by atoms with Crippen molar-refractivity contribution in [1.82, 2.24) is 4.31 Å². The molecule has 11 heavy (non-hydrogen) atoms. The number of hydrogen-bond donors (Lipinski definition) is 0. The van der Waals surface area contributed by atoms with Gasteiger partial charge in [0.25, 0.3) is 0 Å². The SMILES string of the molecule is CC[C@@H](CN(C)S(=O)[O-])OC. The van der Waals surface area contributed by atoms with Crippen molar-refractivity contribution in [2.45, 2.75) is 19.4 Å². The van der Waals surface area contributed by atoms with E-state index >= 15 is 0 Å². The molecule has 0 aliphatic rings. The lowest BCUT2D eigenvalue weighted by atomic mass is 10.3. The third kappa shape index (κ3) is 4.47. The van der Waals surface area contributed by atoms with Crippen LogP contribution in [0.3, 0.4) is 0 Å². The number of nitrogens with zero attached hydrogens (tertiary/aromatic N) is 1. The number of rotatable bonds is 5. The normalized spacial score (nSPS) is 16.8. The van der Waals surface area contributed by atoms with Crippen molar-refractivity contribution in [1.29, 1.82) is 0 Å². The van der Waals surface area contributed by atoms with Crippen LogP contribution in [0.1, 0.15) is 13.3 Å². The molecule has 0 aromatic heterocycles. The Morgan fingerprint density at radius 3 is 2.55 bits per heavy atom. The van der Waals surface area contributed by atoms with Crippen molar-refractivity contribution in [2.24, 2.45) is 0 Å². The standard InChI is InChI=1S/C6H15NO3S/c1-4-6(10-3)5-7(2)11(8)9/h6H,4-5H2,1-3H3,(H,8,9)/p-1/t6-/m0/s1. The number of likely N-dealkylation sites (N-methyl/N-ethyl adjacent to an activating group) is 1. The molecule has 0 fully saturated rings. The van der Waals surface area contributed by atoms with Crippen LogP contribution in [0.4, 0.5) is 0 Å². The Hall–Kier alpha value is 0.0300. The van der Waals surface area contributed by atoms with Gasteiger partial charge in [-0.15, -0.1) is 0 Å². The Balaban J connectivity index is 3.71. The van der Waals surface area contributed by atoms with Crippen LogP contribution in [-0.4, -0.2) is 39.9 Å². The first kappa shape index (κ1) is 11.0. The van der Waals surface area contributed by atoms with Crippen LogP contribution in [0.15, 0.2) is 0 Å². The summed E-state index contributed by atoms with van der Waals surface area (Å²) in [7, 11) is 3.10. The zero-order valence-corrected chi connectivity index (χ0v) is 7.89. The van der Waals surface area contributed by atoms with Gasteiger partial charge >= 0.3 is 0 Å². The van der Waals surface area contributed by atoms with Gasteiger partial charge in [-0.05, 0) is 13.5 Å². The monoisotopic (exact) mass is 180 g/mol. The highest BCUT2D eigenvalue weighted by atomic mass is 32.2. The molecular formula is C6H14NO3S-. The molecule has 2 atom stereocenters. The maximum absolute atomic E-state index is 10.3. The van der Waals surface area contributed by atoms with Gasteiger partial charge in [0.1, 0.15) is 0 Å². The summed E-state index contributed by atoms with van der Waals surface area (Å²) >= 11 is -2.13. The lowest BCUT2D eigenvalue weighted by molar-refractivity contribution is 0.0856. The van der Waals surface area contributed by atoms with Gasteiger partial charge in [0.2, 0.25) is 0 Å². The van der Waals surface area contributed by atoms with Gasteiger partial charge < -0.3 is 9.29 Å². The molecule has 0 rings (SSSR count). The summed E-state index contributed by atoms with van der Waals surface area (Å²) in [4.78, 5) is 0. The molecular weight excluding hydrogens is 166 g/mol. The molecule has 0 aromatic rings. The Morgan fingerprint density at radius 1 is 1.73 bits per heavy atom. The van der Waals surface area contributed by atoms with Crippen LogP contribution < -0.4 is 0 Å². The molecule has 0 radical (unpaired) electrons. The molecule has 0 N–H and O–H groups in total. The zero-order valence-electron chi connectivity index (χ0n) is 7.07. The molecule has 5 heteroatoms. The van der Waals surface area contributed by atoms with E-state index < -0.39 is 11.3 Å². The van der Waals surface area contributed by atoms with Crippen molar-refractivity contribution in [3.8, 4) is 0 Å². The average molecular weight is 180 g/mol. The van der Waals surface area contributed by atoms with Crippen LogP contribution in [0.2, 0.25) is 0 Å². The van der Waals surface area contributed by atoms with Crippen LogP contribution in [-0.2, 0) is 16.0 Å². The van der Waals surface area contributed by atoms with Crippen LogP contribution >= 0.6 is 0 Å². The first-order valence-electron chi connectivity index (χ1n) is 3.45. The van der Waals surface area contributed by atoms with Gasteiger partial charge in [-0.3, -0.25) is 4.21 Å². The van der Waals surface area contributed by atoms with Gasteiger partial charge in [0, 0.05) is 24.9 Å². The molecule has 1 unspecified atom stereocenters. The molecule has 0 bridgehead atoms. The second-order valence-electron chi connectivity index (χ2n) is 2.29. The quantitative estimate of drug-likeness (QED) is 0.565. The summed E-state index contributed by atoms with van der Waals surface area (Å²) in [6.07, 6.45) is 0.816. The fraction of sp³-hybridized carbons (Fsp3) is 1.00. The Morgan fingerprint density at radius 2 is 2.27 bits per heavy atom. The fourth-order valence-electron chi connectivity index (χ4n) is 0.718. The molecule has 0 aliphatic carbocycles. The first-order valence-corrected chi connectivity index (χ1v) is 4.48. The second kappa shape index (κ2) is 5.65. The van der Waals surface area contributed by atoms with Gasteiger partial charge in [-0.2, -0.15) is 0 Å². The van der Waals surface area contributed by atoms with E-state index in [2.05, 4.69) is 0 Å². The minimum absolute atomic E-state index is 0.00194. The first-order chi connectivity index (χ1) is 5.11. The molecule has 0 aliphatic heterocycles. The summed E-state index contributed by atoms with van der Waals surface area (Å²) in [5.41, 5.74) is 0. The molecule has 0 aromatic carbocycles. The third-order valence-electron chi connectivity index (χ3n) is 1.50. The van der Waals surface area contributed by atoms with E-state index in [1.54, 1.807) is 7.11 Å². The minimum atomic E-state index is -2.13. The topological polar surface area (TPSA) is 52.6 Å². The number of methoxy groups -OCH3 is 1. The van der Waals surface area contributed by atoms with Gasteiger partial charge in [0.15, 0.2) is 0 Å². The predicted octanol–water partition coefficient (Wildman–Crippen LogP) is 0.137. The zero-order chi connectivity index (χ0) is 8.85. The number of ether oxygens (including phenoxy) is 1.